The van der Waals surface area contributed by atoms with Gasteiger partial charge in [-0.3, -0.25) is 0 Å². The highest BCUT2D eigenvalue weighted by Crippen LogP contribution is 2.25. The predicted octanol–water partition coefficient (Wildman–Crippen LogP) is 4.23. The van der Waals surface area contributed by atoms with Gasteiger partial charge in [0.25, 0.3) is 0 Å². The number of hydrogen-bond donors (Lipinski definition) is 1. The van der Waals surface area contributed by atoms with E-state index in [0.29, 0.717) is 12.0 Å². The summed E-state index contributed by atoms with van der Waals surface area (Å²) in [7, 11) is 0. The molecule has 19 heavy (non-hydrogen) atoms. The van der Waals surface area contributed by atoms with Crippen LogP contribution < -0.4 is 10.1 Å². The van der Waals surface area contributed by atoms with Gasteiger partial charge in [0, 0.05) is 12.6 Å². The molecule has 1 rings (SSSR count). The first-order valence-corrected chi connectivity index (χ1v) is 7.36. The molecule has 1 aromatic rings. The second kappa shape index (κ2) is 7.54. The van der Waals surface area contributed by atoms with E-state index in [9.17, 15) is 0 Å². The van der Waals surface area contributed by atoms with Gasteiger partial charge in [-0.2, -0.15) is 0 Å². The summed E-state index contributed by atoms with van der Waals surface area (Å²) >= 11 is 0. The minimum absolute atomic E-state index is 0.516. The third-order valence-corrected chi connectivity index (χ3v) is 3.18. The van der Waals surface area contributed by atoms with Crippen LogP contribution in [0.4, 0.5) is 0 Å². The van der Waals surface area contributed by atoms with E-state index in [4.69, 9.17) is 4.74 Å². The Morgan fingerprint density at radius 3 is 2.11 bits per heavy atom. The summed E-state index contributed by atoms with van der Waals surface area (Å²) in [6, 6.07) is 4.97. The van der Waals surface area contributed by atoms with Gasteiger partial charge in [-0.05, 0) is 42.9 Å². The number of rotatable bonds is 7. The zero-order chi connectivity index (χ0) is 14.4. The van der Waals surface area contributed by atoms with Crippen LogP contribution in [0.3, 0.4) is 0 Å². The Bertz CT molecular complexity index is 373. The largest absolute Gasteiger partial charge is 0.493 e. The molecular weight excluding hydrogens is 234 g/mol. The fourth-order valence-electron chi connectivity index (χ4n) is 2.09. The molecule has 0 atom stereocenters. The second-order valence-corrected chi connectivity index (χ2v) is 6.13. The Hall–Kier alpha value is -1.02. The molecule has 0 radical (unpaired) electrons. The Morgan fingerprint density at radius 1 is 1.05 bits per heavy atom. The van der Waals surface area contributed by atoms with Crippen molar-refractivity contribution < 1.29 is 4.74 Å². The van der Waals surface area contributed by atoms with Gasteiger partial charge < -0.3 is 10.1 Å². The highest BCUT2D eigenvalue weighted by molar-refractivity contribution is 5.43. The summed E-state index contributed by atoms with van der Waals surface area (Å²) in [5, 5.41) is 3.45. The van der Waals surface area contributed by atoms with Crippen molar-refractivity contribution in [2.75, 3.05) is 6.61 Å². The normalized spacial score (nSPS) is 11.4. The maximum absolute atomic E-state index is 5.94. The topological polar surface area (TPSA) is 21.3 Å². The minimum Gasteiger partial charge on any atom is -0.493 e. The van der Waals surface area contributed by atoms with Gasteiger partial charge in [0.1, 0.15) is 5.75 Å². The summed E-state index contributed by atoms with van der Waals surface area (Å²) in [6.07, 6.45) is 1.11. The third-order valence-electron chi connectivity index (χ3n) is 3.18. The molecule has 1 N–H and O–H groups in total. The van der Waals surface area contributed by atoms with Crippen LogP contribution in [0.2, 0.25) is 0 Å². The van der Waals surface area contributed by atoms with E-state index in [1.807, 2.05) is 0 Å². The van der Waals surface area contributed by atoms with Gasteiger partial charge in [0.05, 0.1) is 6.61 Å². The predicted molar refractivity (Wildman–Crippen MR) is 82.8 cm³/mol. The van der Waals surface area contributed by atoms with E-state index in [1.54, 1.807) is 0 Å². The van der Waals surface area contributed by atoms with Crippen molar-refractivity contribution in [1.82, 2.24) is 5.32 Å². The van der Waals surface area contributed by atoms with E-state index in [0.717, 1.165) is 25.3 Å². The van der Waals surface area contributed by atoms with Crippen LogP contribution in [0, 0.1) is 19.8 Å². The van der Waals surface area contributed by atoms with Crippen molar-refractivity contribution >= 4 is 0 Å². The van der Waals surface area contributed by atoms with E-state index in [2.05, 4.69) is 59.0 Å². The van der Waals surface area contributed by atoms with Gasteiger partial charge in [-0.1, -0.05) is 39.8 Å². The van der Waals surface area contributed by atoms with E-state index in [1.165, 1.54) is 16.7 Å². The van der Waals surface area contributed by atoms with Crippen molar-refractivity contribution in [3.05, 3.63) is 28.8 Å². The summed E-state index contributed by atoms with van der Waals surface area (Å²) in [5.41, 5.74) is 3.81. The fraction of sp³-hybridized carbons (Fsp3) is 0.647. The Morgan fingerprint density at radius 2 is 1.63 bits per heavy atom. The molecule has 2 nitrogen and oxygen atoms in total. The molecule has 0 aromatic heterocycles. The highest BCUT2D eigenvalue weighted by Gasteiger charge is 2.07. The summed E-state index contributed by atoms with van der Waals surface area (Å²) < 4.78 is 5.94. The molecule has 0 aliphatic heterocycles. The lowest BCUT2D eigenvalue weighted by Crippen LogP contribution is -2.21. The minimum atomic E-state index is 0.516. The Balaban J connectivity index is 2.68. The van der Waals surface area contributed by atoms with E-state index in [-0.39, 0.29) is 0 Å². The molecule has 0 unspecified atom stereocenters. The number of ether oxygens (including phenoxy) is 1. The summed E-state index contributed by atoms with van der Waals surface area (Å²) in [4.78, 5) is 0. The number of benzene rings is 1. The van der Waals surface area contributed by atoms with Crippen molar-refractivity contribution in [3.8, 4) is 5.75 Å². The second-order valence-electron chi connectivity index (χ2n) is 6.13. The Labute approximate surface area is 118 Å². The van der Waals surface area contributed by atoms with Crippen LogP contribution in [-0.4, -0.2) is 12.6 Å². The van der Waals surface area contributed by atoms with Crippen molar-refractivity contribution in [3.63, 3.8) is 0 Å². The zero-order valence-electron chi connectivity index (χ0n) is 13.3. The molecular formula is C17H29NO. The van der Waals surface area contributed by atoms with Crippen LogP contribution in [0.15, 0.2) is 12.1 Å². The first-order valence-electron chi connectivity index (χ1n) is 7.36. The first kappa shape index (κ1) is 16.0. The molecule has 0 fully saturated rings. The molecule has 0 saturated heterocycles. The van der Waals surface area contributed by atoms with Crippen LogP contribution in [-0.2, 0) is 6.54 Å². The first-order chi connectivity index (χ1) is 8.90. The monoisotopic (exact) mass is 263 g/mol. The van der Waals surface area contributed by atoms with Gasteiger partial charge in [0.15, 0.2) is 0 Å². The van der Waals surface area contributed by atoms with Crippen molar-refractivity contribution in [1.29, 1.82) is 0 Å². The maximum atomic E-state index is 5.94. The van der Waals surface area contributed by atoms with Crippen LogP contribution >= 0.6 is 0 Å². The Kier molecular flexibility index (Phi) is 6.36. The molecule has 0 aliphatic rings. The van der Waals surface area contributed by atoms with Crippen LogP contribution in [0.5, 0.6) is 5.75 Å². The smallest absolute Gasteiger partial charge is 0.125 e. The standard InChI is InChI=1S/C17H29NO/c1-12(2)7-8-19-17-14(5)9-16(10-15(17)6)11-18-13(3)4/h9-10,12-13,18H,7-8,11H2,1-6H3. The molecule has 2 heteroatoms. The molecule has 0 spiro atoms. The number of hydrogen-bond acceptors (Lipinski definition) is 2. The third kappa shape index (κ3) is 5.65. The number of nitrogens with one attached hydrogen (secondary N) is 1. The average Bonchev–Trinajstić information content (AvgIpc) is 2.29. The molecule has 0 saturated carbocycles. The van der Waals surface area contributed by atoms with Crippen molar-refractivity contribution in [2.24, 2.45) is 5.92 Å². The van der Waals surface area contributed by atoms with Crippen LogP contribution in [0.25, 0.3) is 0 Å². The summed E-state index contributed by atoms with van der Waals surface area (Å²) in [6.45, 7) is 14.8. The molecule has 0 bridgehead atoms. The average molecular weight is 263 g/mol. The van der Waals surface area contributed by atoms with Gasteiger partial charge in [-0.25, -0.2) is 0 Å². The molecule has 1 aromatic carbocycles. The van der Waals surface area contributed by atoms with Gasteiger partial charge >= 0.3 is 0 Å². The van der Waals surface area contributed by atoms with Crippen LogP contribution in [0.1, 0.15) is 50.8 Å². The zero-order valence-corrected chi connectivity index (χ0v) is 13.3. The summed E-state index contributed by atoms with van der Waals surface area (Å²) in [5.74, 6) is 1.75. The van der Waals surface area contributed by atoms with Gasteiger partial charge in [0.2, 0.25) is 0 Å². The lowest BCUT2D eigenvalue weighted by Gasteiger charge is -2.16. The SMILES string of the molecule is Cc1cc(CNC(C)C)cc(C)c1OCCC(C)C. The quantitative estimate of drug-likeness (QED) is 0.795. The lowest BCUT2D eigenvalue weighted by atomic mass is 10.1. The van der Waals surface area contributed by atoms with E-state index < -0.39 is 0 Å². The van der Waals surface area contributed by atoms with Crippen molar-refractivity contribution in [2.45, 2.75) is 60.5 Å². The lowest BCUT2D eigenvalue weighted by molar-refractivity contribution is 0.286. The molecule has 0 heterocycles. The van der Waals surface area contributed by atoms with Gasteiger partial charge in [-0.15, -0.1) is 0 Å². The molecule has 0 aliphatic carbocycles. The fourth-order valence-corrected chi connectivity index (χ4v) is 2.09. The maximum Gasteiger partial charge on any atom is 0.125 e. The molecule has 108 valence electrons. The molecule has 0 amide bonds. The van der Waals surface area contributed by atoms with E-state index >= 15 is 0 Å². The highest BCUT2D eigenvalue weighted by atomic mass is 16.5. The number of aryl methyl sites for hydroxylation is 2.